The lowest BCUT2D eigenvalue weighted by atomic mass is 10.2. The topological polar surface area (TPSA) is 135 Å². The molecular formula is C20H23N3O8S2. The second kappa shape index (κ2) is 8.47. The van der Waals surface area contributed by atoms with Crippen LogP contribution < -0.4 is 9.04 Å². The number of benzene rings is 1. The molecule has 1 atom stereocenters. The molecule has 2 saturated heterocycles. The number of sulfonamides is 2. The largest absolute Gasteiger partial charge is 0.495 e. The molecule has 11 nitrogen and oxygen atoms in total. The molecule has 2 amide bonds. The average Bonchev–Trinajstić information content (AvgIpc) is 3.39. The van der Waals surface area contributed by atoms with Gasteiger partial charge in [0.15, 0.2) is 5.76 Å². The van der Waals surface area contributed by atoms with Crippen LogP contribution in [0.15, 0.2) is 45.9 Å². The van der Waals surface area contributed by atoms with Gasteiger partial charge in [0.25, 0.3) is 5.91 Å². The van der Waals surface area contributed by atoms with Gasteiger partial charge in [-0.1, -0.05) is 6.92 Å². The Morgan fingerprint density at radius 2 is 1.85 bits per heavy atom. The zero-order chi connectivity index (χ0) is 24.0. The highest BCUT2D eigenvalue weighted by molar-refractivity contribution is 7.94. The van der Waals surface area contributed by atoms with Crippen molar-refractivity contribution in [3.63, 3.8) is 0 Å². The van der Waals surface area contributed by atoms with Crippen LogP contribution in [0, 0.1) is 5.92 Å². The Bertz CT molecular complexity index is 1280. The molecule has 4 rings (SSSR count). The van der Waals surface area contributed by atoms with Crippen LogP contribution >= 0.6 is 0 Å². The van der Waals surface area contributed by atoms with Crippen LogP contribution in [0.4, 0.5) is 5.69 Å². The summed E-state index contributed by atoms with van der Waals surface area (Å²) < 4.78 is 63.9. The Kier molecular flexibility index (Phi) is 5.97. The maximum Gasteiger partial charge on any atom is 0.289 e. The maximum absolute atomic E-state index is 13.4. The van der Waals surface area contributed by atoms with Gasteiger partial charge in [0.2, 0.25) is 26.0 Å². The van der Waals surface area contributed by atoms with Gasteiger partial charge in [-0.25, -0.2) is 21.1 Å². The molecule has 0 unspecified atom stereocenters. The summed E-state index contributed by atoms with van der Waals surface area (Å²) in [5, 5.41) is 0. The smallest absolute Gasteiger partial charge is 0.289 e. The fraction of sp³-hybridized carbons (Fsp3) is 0.400. The molecule has 0 radical (unpaired) electrons. The molecule has 13 heteroatoms. The molecule has 3 heterocycles. The van der Waals surface area contributed by atoms with Crippen molar-refractivity contribution >= 4 is 37.5 Å². The third kappa shape index (κ3) is 4.11. The molecule has 2 aliphatic heterocycles. The number of methoxy groups -OCH3 is 1. The van der Waals surface area contributed by atoms with Gasteiger partial charge in [0.05, 0.1) is 30.7 Å². The number of hydrogen-bond acceptors (Lipinski definition) is 8. The molecular weight excluding hydrogens is 474 g/mol. The van der Waals surface area contributed by atoms with E-state index >= 15 is 0 Å². The quantitative estimate of drug-likeness (QED) is 0.591. The molecule has 1 aromatic carbocycles. The number of carbonyl (C=O) groups is 2. The molecule has 0 N–H and O–H groups in total. The number of nitrogens with zero attached hydrogens (tertiary/aromatic N) is 3. The van der Waals surface area contributed by atoms with Crippen LogP contribution in [0.3, 0.4) is 0 Å². The van der Waals surface area contributed by atoms with Crippen molar-refractivity contribution in [1.29, 1.82) is 0 Å². The summed E-state index contributed by atoms with van der Waals surface area (Å²) >= 11 is 0. The van der Waals surface area contributed by atoms with Gasteiger partial charge < -0.3 is 14.1 Å². The Balaban J connectivity index is 1.61. The average molecular weight is 498 g/mol. The van der Waals surface area contributed by atoms with Crippen LogP contribution in [0.2, 0.25) is 0 Å². The van der Waals surface area contributed by atoms with Gasteiger partial charge in [-0.2, -0.15) is 4.31 Å². The monoisotopic (exact) mass is 497 g/mol. The highest BCUT2D eigenvalue weighted by Gasteiger charge is 2.43. The first-order chi connectivity index (χ1) is 15.6. The minimum Gasteiger partial charge on any atom is -0.495 e. The first-order valence-electron chi connectivity index (χ1n) is 10.1. The van der Waals surface area contributed by atoms with Crippen molar-refractivity contribution in [3.8, 4) is 5.75 Å². The highest BCUT2D eigenvalue weighted by atomic mass is 32.2. The fourth-order valence-electron chi connectivity index (χ4n) is 3.91. The van der Waals surface area contributed by atoms with E-state index in [2.05, 4.69) is 0 Å². The first kappa shape index (κ1) is 23.3. The summed E-state index contributed by atoms with van der Waals surface area (Å²) in [6.45, 7) is 1.86. The van der Waals surface area contributed by atoms with E-state index in [0.29, 0.717) is 4.31 Å². The normalized spacial score (nSPS) is 21.4. The lowest BCUT2D eigenvalue weighted by molar-refractivity contribution is -0.119. The molecule has 0 spiro atoms. The number of amides is 2. The van der Waals surface area contributed by atoms with Crippen molar-refractivity contribution in [2.75, 3.05) is 43.3 Å². The molecule has 2 aliphatic rings. The summed E-state index contributed by atoms with van der Waals surface area (Å²) in [6, 6.07) is 6.94. The minimum absolute atomic E-state index is 0.0185. The van der Waals surface area contributed by atoms with E-state index in [1.54, 1.807) is 6.07 Å². The number of ether oxygens (including phenoxy) is 1. The predicted octanol–water partition coefficient (Wildman–Crippen LogP) is 0.747. The van der Waals surface area contributed by atoms with E-state index in [0.717, 1.165) is 6.07 Å². The third-order valence-electron chi connectivity index (χ3n) is 5.62. The van der Waals surface area contributed by atoms with Gasteiger partial charge in [-0.3, -0.25) is 9.59 Å². The molecule has 2 aromatic rings. The van der Waals surface area contributed by atoms with E-state index in [9.17, 15) is 26.4 Å². The number of furan rings is 1. The Hall–Kier alpha value is -2.90. The number of piperazine rings is 1. The van der Waals surface area contributed by atoms with Crippen molar-refractivity contribution in [3.05, 3.63) is 42.4 Å². The molecule has 0 aliphatic carbocycles. The van der Waals surface area contributed by atoms with Gasteiger partial charge >= 0.3 is 0 Å². The first-order valence-corrected chi connectivity index (χ1v) is 13.2. The third-order valence-corrected chi connectivity index (χ3v) is 9.41. The second-order valence-corrected chi connectivity index (χ2v) is 11.6. The predicted molar refractivity (Wildman–Crippen MR) is 117 cm³/mol. The lowest BCUT2D eigenvalue weighted by Crippen LogP contribution is -2.50. The SMILES string of the molecule is COc1ccc(N2C(=O)[C@H](C)CS2(=O)=O)cc1S(=O)(=O)N1CCN(C(=O)c2ccco2)CC1. The van der Waals surface area contributed by atoms with Crippen LogP contribution in [0.5, 0.6) is 5.75 Å². The molecule has 33 heavy (non-hydrogen) atoms. The summed E-state index contributed by atoms with van der Waals surface area (Å²) in [4.78, 5) is 26.1. The number of hydrogen-bond donors (Lipinski definition) is 0. The minimum atomic E-state index is -4.11. The van der Waals surface area contributed by atoms with E-state index in [-0.39, 0.29) is 59.9 Å². The van der Waals surface area contributed by atoms with Gasteiger partial charge in [0, 0.05) is 26.2 Å². The number of rotatable bonds is 5. The molecule has 1 aromatic heterocycles. The molecule has 0 bridgehead atoms. The molecule has 2 fully saturated rings. The number of anilines is 1. The van der Waals surface area contributed by atoms with Gasteiger partial charge in [-0.05, 0) is 30.3 Å². The summed E-state index contributed by atoms with van der Waals surface area (Å²) in [7, 11) is -6.72. The van der Waals surface area contributed by atoms with Gasteiger partial charge in [0.1, 0.15) is 10.6 Å². The van der Waals surface area contributed by atoms with Crippen molar-refractivity contribution in [2.45, 2.75) is 11.8 Å². The van der Waals surface area contributed by atoms with E-state index < -0.39 is 31.9 Å². The standard InChI is InChI=1S/C20H23N3O8S2/c1-14-13-32(26,27)23(19(14)24)15-5-6-16(30-2)18(12-15)33(28,29)22-9-7-21(8-10-22)20(25)17-4-3-11-31-17/h3-6,11-12,14H,7-10,13H2,1-2H3/t14-/m1/s1. The van der Waals surface area contributed by atoms with Crippen molar-refractivity contribution in [1.82, 2.24) is 9.21 Å². The summed E-state index contributed by atoms with van der Waals surface area (Å²) in [6.07, 6.45) is 1.39. The van der Waals surface area contributed by atoms with Crippen molar-refractivity contribution in [2.24, 2.45) is 5.92 Å². The maximum atomic E-state index is 13.4. The van der Waals surface area contributed by atoms with Crippen molar-refractivity contribution < 1.29 is 35.6 Å². The number of carbonyl (C=O) groups excluding carboxylic acids is 2. The highest BCUT2D eigenvalue weighted by Crippen LogP contribution is 2.35. The molecule has 0 saturated carbocycles. The van der Waals surface area contributed by atoms with E-state index in [1.807, 2.05) is 0 Å². The lowest BCUT2D eigenvalue weighted by Gasteiger charge is -2.33. The van der Waals surface area contributed by atoms with E-state index in [4.69, 9.17) is 9.15 Å². The van der Waals surface area contributed by atoms with Gasteiger partial charge in [-0.15, -0.1) is 0 Å². The molecule has 178 valence electrons. The fourth-order valence-corrected chi connectivity index (χ4v) is 7.32. The Morgan fingerprint density at radius 3 is 2.39 bits per heavy atom. The summed E-state index contributed by atoms with van der Waals surface area (Å²) in [5.74, 6) is -1.82. The van der Waals surface area contributed by atoms with Crippen LogP contribution in [0.1, 0.15) is 17.5 Å². The second-order valence-electron chi connectivity index (χ2n) is 7.79. The van der Waals surface area contributed by atoms with Crippen LogP contribution in [-0.4, -0.2) is 76.9 Å². The van der Waals surface area contributed by atoms with Crippen LogP contribution in [0.25, 0.3) is 0 Å². The van der Waals surface area contributed by atoms with Crippen LogP contribution in [-0.2, 0) is 24.8 Å². The Morgan fingerprint density at radius 1 is 1.15 bits per heavy atom. The zero-order valence-corrected chi connectivity index (χ0v) is 19.6. The van der Waals surface area contributed by atoms with E-state index in [1.165, 1.54) is 47.7 Å². The zero-order valence-electron chi connectivity index (χ0n) is 18.0. The summed E-state index contributed by atoms with van der Waals surface area (Å²) in [5.41, 5.74) is -0.0599. The Labute approximate surface area is 191 Å².